The lowest BCUT2D eigenvalue weighted by Crippen LogP contribution is -2.76. The molecule has 0 aromatic rings. The lowest BCUT2D eigenvalue weighted by molar-refractivity contribution is -0.318. The molecule has 6 aliphatic carbocycles. The van der Waals surface area contributed by atoms with Crippen LogP contribution in [-0.4, -0.2) is 65.7 Å². The second kappa shape index (κ2) is 5.44. The fourth-order valence-electron chi connectivity index (χ4n) is 11.5. The number of aliphatic hydroxyl groups is 1. The van der Waals surface area contributed by atoms with E-state index in [-0.39, 0.29) is 64.2 Å². The molecule has 2 spiro atoms. The number of ether oxygens (including phenoxy) is 3. The number of carbonyl (C=O) groups excluding carboxylic acids is 2. The van der Waals surface area contributed by atoms with Crippen molar-refractivity contribution in [1.82, 2.24) is 4.90 Å². The highest BCUT2D eigenvalue weighted by Gasteiger charge is 2.96. The molecule has 0 amide bonds. The van der Waals surface area contributed by atoms with Crippen LogP contribution < -0.4 is 0 Å². The molecular weight excluding hydrogens is 410 g/mol. The van der Waals surface area contributed by atoms with Crippen LogP contribution in [0.4, 0.5) is 0 Å². The molecule has 1 unspecified atom stereocenters. The van der Waals surface area contributed by atoms with Crippen LogP contribution in [0.2, 0.25) is 0 Å². The molecule has 9 bridgehead atoms. The number of methoxy groups -OCH3 is 1. The van der Waals surface area contributed by atoms with E-state index in [0.717, 1.165) is 37.8 Å². The van der Waals surface area contributed by atoms with Gasteiger partial charge in [-0.2, -0.15) is 0 Å². The van der Waals surface area contributed by atoms with Gasteiger partial charge in [-0.25, -0.2) is 0 Å². The van der Waals surface area contributed by atoms with E-state index in [4.69, 9.17) is 14.2 Å². The molecule has 3 heterocycles. The minimum Gasteiger partial charge on any atom is -0.462 e. The Morgan fingerprint density at radius 3 is 2.53 bits per heavy atom. The highest BCUT2D eigenvalue weighted by Crippen LogP contribution is 2.90. The Hall–Kier alpha value is -1.44. The molecule has 32 heavy (non-hydrogen) atoms. The smallest absolute Gasteiger partial charge is 0.303 e. The predicted octanol–water partition coefficient (Wildman–Crippen LogP) is 1.88. The van der Waals surface area contributed by atoms with Crippen molar-refractivity contribution in [3.63, 3.8) is 0 Å². The Labute approximate surface area is 188 Å². The van der Waals surface area contributed by atoms with Crippen LogP contribution in [0.3, 0.4) is 0 Å². The van der Waals surface area contributed by atoms with E-state index in [2.05, 4.69) is 18.4 Å². The summed E-state index contributed by atoms with van der Waals surface area (Å²) in [5.41, 5.74) is -0.172. The molecule has 0 aromatic carbocycles. The largest absolute Gasteiger partial charge is 0.462 e. The van der Waals surface area contributed by atoms with Crippen LogP contribution >= 0.6 is 0 Å². The number of rotatable bonds is 3. The SMILES string of the molecule is C=C1C[C@]23[C@H]4[C@@H](OC(C)=O)[C@H]1C[C@H]2[C@@]12C[C@@H](O)C[C@@]5(C)CN([C@H]41)[C@@](OC)([C@H]52)[C@H]3OC(C)=O. The van der Waals surface area contributed by atoms with Crippen molar-refractivity contribution in [2.24, 2.45) is 39.9 Å². The Morgan fingerprint density at radius 1 is 1.16 bits per heavy atom. The molecule has 9 fully saturated rings. The fourth-order valence-corrected chi connectivity index (χ4v) is 11.5. The molecule has 1 N–H and O–H groups in total. The van der Waals surface area contributed by atoms with Gasteiger partial charge in [-0.15, -0.1) is 0 Å². The number of piperidine rings is 2. The zero-order valence-electron chi connectivity index (χ0n) is 19.3. The van der Waals surface area contributed by atoms with Gasteiger partial charge in [0.1, 0.15) is 6.10 Å². The third-order valence-electron chi connectivity index (χ3n) is 11.1. The van der Waals surface area contributed by atoms with Crippen LogP contribution in [0, 0.1) is 39.9 Å². The second-order valence-corrected chi connectivity index (χ2v) is 12.2. The van der Waals surface area contributed by atoms with Gasteiger partial charge in [0.2, 0.25) is 0 Å². The van der Waals surface area contributed by atoms with Crippen LogP contribution in [0.25, 0.3) is 0 Å². The number of aliphatic hydroxyl groups excluding tert-OH is 1. The zero-order valence-corrected chi connectivity index (χ0v) is 19.3. The molecule has 7 nitrogen and oxygen atoms in total. The summed E-state index contributed by atoms with van der Waals surface area (Å²) in [4.78, 5) is 27.2. The molecule has 13 atom stereocenters. The van der Waals surface area contributed by atoms with E-state index in [0.29, 0.717) is 5.92 Å². The summed E-state index contributed by atoms with van der Waals surface area (Å²) >= 11 is 0. The number of hydrogen-bond acceptors (Lipinski definition) is 7. The first-order valence-electron chi connectivity index (χ1n) is 12.1. The Kier molecular flexibility index (Phi) is 3.40. The van der Waals surface area contributed by atoms with Crippen LogP contribution in [0.15, 0.2) is 12.2 Å². The first-order chi connectivity index (χ1) is 15.1. The molecule has 9 rings (SSSR count). The monoisotopic (exact) mass is 443 g/mol. The third-order valence-corrected chi connectivity index (χ3v) is 11.1. The van der Waals surface area contributed by atoms with Gasteiger partial charge in [-0.05, 0) is 37.0 Å². The predicted molar refractivity (Wildman–Crippen MR) is 112 cm³/mol. The van der Waals surface area contributed by atoms with E-state index in [9.17, 15) is 14.7 Å². The second-order valence-electron chi connectivity index (χ2n) is 12.2. The van der Waals surface area contributed by atoms with Gasteiger partial charge < -0.3 is 19.3 Å². The van der Waals surface area contributed by atoms with Crippen molar-refractivity contribution in [3.05, 3.63) is 12.2 Å². The molecular formula is C25H33NO6. The summed E-state index contributed by atoms with van der Waals surface area (Å²) in [5.74, 6) is 0.110. The maximum absolute atomic E-state index is 12.5. The van der Waals surface area contributed by atoms with Gasteiger partial charge in [-0.3, -0.25) is 14.5 Å². The summed E-state index contributed by atoms with van der Waals surface area (Å²) in [5, 5.41) is 11.1. The highest BCUT2D eigenvalue weighted by molar-refractivity contribution is 5.68. The first kappa shape index (κ1) is 20.0. The lowest BCUT2D eigenvalue weighted by atomic mass is 9.38. The molecule has 9 aliphatic rings. The average Bonchev–Trinajstić information content (AvgIpc) is 3.10. The van der Waals surface area contributed by atoms with E-state index in [1.807, 2.05) is 0 Å². The van der Waals surface area contributed by atoms with Crippen LogP contribution in [0.1, 0.15) is 46.5 Å². The average molecular weight is 444 g/mol. The Morgan fingerprint density at radius 2 is 1.88 bits per heavy atom. The normalized spacial score (nSPS) is 61.9. The summed E-state index contributed by atoms with van der Waals surface area (Å²) in [7, 11) is 1.76. The van der Waals surface area contributed by atoms with Crippen LogP contribution in [0.5, 0.6) is 0 Å². The van der Waals surface area contributed by atoms with Crippen molar-refractivity contribution in [2.75, 3.05) is 13.7 Å². The first-order valence-corrected chi connectivity index (χ1v) is 12.1. The summed E-state index contributed by atoms with van der Waals surface area (Å²) < 4.78 is 18.8. The Bertz CT molecular complexity index is 981. The zero-order chi connectivity index (χ0) is 22.6. The van der Waals surface area contributed by atoms with Crippen molar-refractivity contribution in [3.8, 4) is 0 Å². The quantitative estimate of drug-likeness (QED) is 0.527. The maximum Gasteiger partial charge on any atom is 0.303 e. The molecule has 0 radical (unpaired) electrons. The van der Waals surface area contributed by atoms with Crippen molar-refractivity contribution < 1.29 is 28.9 Å². The third kappa shape index (κ3) is 1.68. The number of fused-ring (bicyclic) bond motifs is 1. The van der Waals surface area contributed by atoms with E-state index in [1.165, 1.54) is 13.8 Å². The number of nitrogens with zero attached hydrogens (tertiary/aromatic N) is 1. The minimum atomic E-state index is -0.691. The molecule has 0 aromatic heterocycles. The van der Waals surface area contributed by atoms with Crippen LogP contribution in [-0.2, 0) is 23.8 Å². The van der Waals surface area contributed by atoms with Gasteiger partial charge in [0.25, 0.3) is 0 Å². The topological polar surface area (TPSA) is 85.3 Å². The maximum atomic E-state index is 12.5. The minimum absolute atomic E-state index is 0.0631. The number of hydrogen-bond donors (Lipinski definition) is 1. The standard InChI is InChI=1S/C25H33NO6/c1-11-7-23-16-6-15(11)18(31-12(2)27)17(23)19-24(16)9-14(29)8-22(4)10-26(19)25(30-5,20(22)24)21(23)32-13(3)28/h14-21,29H,1,6-10H2,2-5H3/t14-,15-,16+,17-,18-,19+,20+,21-,22-,23+,24-,25+/m0/s1. The van der Waals surface area contributed by atoms with Gasteiger partial charge in [0.15, 0.2) is 11.8 Å². The van der Waals surface area contributed by atoms with Crippen molar-refractivity contribution in [1.29, 1.82) is 0 Å². The molecule has 3 aliphatic heterocycles. The fraction of sp³-hybridized carbons (Fsp3) is 0.840. The van der Waals surface area contributed by atoms with Crippen molar-refractivity contribution in [2.45, 2.75) is 76.5 Å². The van der Waals surface area contributed by atoms with E-state index >= 15 is 0 Å². The molecule has 7 heteroatoms. The lowest BCUT2D eigenvalue weighted by Gasteiger charge is -2.68. The molecule has 6 saturated carbocycles. The van der Waals surface area contributed by atoms with Gasteiger partial charge in [0.05, 0.1) is 6.10 Å². The summed E-state index contributed by atoms with van der Waals surface area (Å²) in [6.07, 6.45) is 2.12. The molecule has 3 saturated heterocycles. The molecule has 174 valence electrons. The van der Waals surface area contributed by atoms with Gasteiger partial charge >= 0.3 is 11.9 Å². The Balaban J connectivity index is 1.53. The van der Waals surface area contributed by atoms with Crippen molar-refractivity contribution >= 4 is 11.9 Å². The summed E-state index contributed by atoms with van der Waals surface area (Å²) in [6.45, 7) is 10.5. The number of esters is 2. The van der Waals surface area contributed by atoms with E-state index in [1.54, 1.807) is 7.11 Å². The number of carbonyl (C=O) groups is 2. The van der Waals surface area contributed by atoms with E-state index < -0.39 is 11.8 Å². The van der Waals surface area contributed by atoms with Gasteiger partial charge in [-0.1, -0.05) is 19.1 Å². The summed E-state index contributed by atoms with van der Waals surface area (Å²) in [6, 6.07) is 0.162. The highest BCUT2D eigenvalue weighted by atomic mass is 16.6. The van der Waals surface area contributed by atoms with Gasteiger partial charge in [0, 0.05) is 62.1 Å².